The van der Waals surface area contributed by atoms with Crippen LogP contribution in [0.5, 0.6) is 0 Å². The largest absolute Gasteiger partial charge is 0.363 e. The van der Waals surface area contributed by atoms with Crippen molar-refractivity contribution in [3.63, 3.8) is 0 Å². The van der Waals surface area contributed by atoms with Gasteiger partial charge in [-0.25, -0.2) is 0 Å². The van der Waals surface area contributed by atoms with E-state index in [-0.39, 0.29) is 5.91 Å². The van der Waals surface area contributed by atoms with Crippen LogP contribution < -0.4 is 5.32 Å². The summed E-state index contributed by atoms with van der Waals surface area (Å²) >= 11 is 3.38. The number of carbonyl (C=O) groups is 1. The minimum Gasteiger partial charge on any atom is -0.363 e. The van der Waals surface area contributed by atoms with E-state index in [1.165, 1.54) is 6.26 Å². The van der Waals surface area contributed by atoms with Gasteiger partial charge in [-0.3, -0.25) is 4.79 Å². The molecule has 0 saturated heterocycles. The number of nitrogens with one attached hydrogen (secondary N) is 1. The summed E-state index contributed by atoms with van der Waals surface area (Å²) in [5.74, 6) is 0.204. The van der Waals surface area contributed by atoms with Gasteiger partial charge in [-0.2, -0.15) is 0 Å². The minimum atomic E-state index is -0.204. The Hall–Kier alpha value is -1.62. The van der Waals surface area contributed by atoms with Gasteiger partial charge in [0.25, 0.3) is 5.91 Å². The summed E-state index contributed by atoms with van der Waals surface area (Å²) in [6, 6.07) is 6.97. The fourth-order valence-corrected chi connectivity index (χ4v) is 1.50. The summed E-state index contributed by atoms with van der Waals surface area (Å²) in [6.07, 6.45) is 1.41. The zero-order valence-electron chi connectivity index (χ0n) is 8.53. The van der Waals surface area contributed by atoms with Gasteiger partial charge in [0.2, 0.25) is 0 Å². The Bertz CT molecular complexity index is 509. The molecule has 0 fully saturated rings. The van der Waals surface area contributed by atoms with Crippen LogP contribution in [0.25, 0.3) is 0 Å². The second-order valence-electron chi connectivity index (χ2n) is 3.30. The molecular weight excluding hydrogens is 272 g/mol. The molecule has 0 spiro atoms. The van der Waals surface area contributed by atoms with E-state index < -0.39 is 0 Å². The molecule has 0 unspecified atom stereocenters. The van der Waals surface area contributed by atoms with Crippen molar-refractivity contribution in [3.8, 4) is 0 Å². The van der Waals surface area contributed by atoms with Crippen molar-refractivity contribution in [1.82, 2.24) is 5.16 Å². The van der Waals surface area contributed by atoms with Crippen LogP contribution in [0.2, 0.25) is 0 Å². The SMILES string of the molecule is Cc1cc(C(=O)Nc2ccon2)ccc1Br. The van der Waals surface area contributed by atoms with Crippen molar-refractivity contribution >= 4 is 27.7 Å². The number of hydrogen-bond acceptors (Lipinski definition) is 3. The first-order valence-electron chi connectivity index (χ1n) is 4.65. The molecule has 0 aliphatic rings. The first kappa shape index (κ1) is 10.9. The number of halogens is 1. The van der Waals surface area contributed by atoms with Gasteiger partial charge in [0.05, 0.1) is 0 Å². The third-order valence-electron chi connectivity index (χ3n) is 2.10. The van der Waals surface area contributed by atoms with Crippen molar-refractivity contribution in [2.45, 2.75) is 6.92 Å². The highest BCUT2D eigenvalue weighted by Gasteiger charge is 2.08. The Kier molecular flexibility index (Phi) is 3.05. The highest BCUT2D eigenvalue weighted by atomic mass is 79.9. The monoisotopic (exact) mass is 280 g/mol. The predicted molar refractivity (Wildman–Crippen MR) is 63.3 cm³/mol. The van der Waals surface area contributed by atoms with E-state index in [2.05, 4.69) is 30.9 Å². The van der Waals surface area contributed by atoms with Gasteiger partial charge in [-0.05, 0) is 30.7 Å². The number of carbonyl (C=O) groups excluding carboxylic acids is 1. The molecule has 82 valence electrons. The summed E-state index contributed by atoms with van der Waals surface area (Å²) in [5.41, 5.74) is 1.59. The van der Waals surface area contributed by atoms with Crippen LogP contribution in [0.1, 0.15) is 15.9 Å². The number of rotatable bonds is 2. The first-order valence-corrected chi connectivity index (χ1v) is 5.44. The Morgan fingerprint density at radius 2 is 2.25 bits per heavy atom. The molecule has 2 aromatic rings. The Morgan fingerprint density at radius 1 is 1.44 bits per heavy atom. The summed E-state index contributed by atoms with van der Waals surface area (Å²) < 4.78 is 5.60. The zero-order valence-corrected chi connectivity index (χ0v) is 10.1. The van der Waals surface area contributed by atoms with Crippen LogP contribution in [0, 0.1) is 6.92 Å². The van der Waals surface area contributed by atoms with Gasteiger partial charge >= 0.3 is 0 Å². The molecule has 1 heterocycles. The Labute approximate surface area is 101 Å². The van der Waals surface area contributed by atoms with Crippen LogP contribution in [-0.2, 0) is 0 Å². The number of anilines is 1. The average Bonchev–Trinajstić information content (AvgIpc) is 2.74. The van der Waals surface area contributed by atoms with E-state index in [1.54, 1.807) is 18.2 Å². The molecular formula is C11H9BrN2O2. The van der Waals surface area contributed by atoms with Gasteiger partial charge in [0, 0.05) is 16.1 Å². The third-order valence-corrected chi connectivity index (χ3v) is 2.99. The van der Waals surface area contributed by atoms with E-state index in [4.69, 9.17) is 0 Å². The molecule has 16 heavy (non-hydrogen) atoms. The lowest BCUT2D eigenvalue weighted by Crippen LogP contribution is -2.12. The molecule has 1 aromatic carbocycles. The van der Waals surface area contributed by atoms with Crippen molar-refractivity contribution in [2.24, 2.45) is 0 Å². The molecule has 1 amide bonds. The lowest BCUT2D eigenvalue weighted by atomic mass is 10.1. The average molecular weight is 281 g/mol. The minimum absolute atomic E-state index is 0.204. The van der Waals surface area contributed by atoms with Crippen LogP contribution in [0.3, 0.4) is 0 Å². The summed E-state index contributed by atoms with van der Waals surface area (Å²) in [4.78, 5) is 11.8. The molecule has 0 aliphatic heterocycles. The molecule has 0 saturated carbocycles. The third kappa shape index (κ3) is 2.30. The quantitative estimate of drug-likeness (QED) is 0.920. The Balaban J connectivity index is 2.18. The predicted octanol–water partition coefficient (Wildman–Crippen LogP) is 3.00. The van der Waals surface area contributed by atoms with Crippen molar-refractivity contribution in [3.05, 3.63) is 46.1 Å². The van der Waals surface area contributed by atoms with E-state index >= 15 is 0 Å². The number of aromatic nitrogens is 1. The molecule has 0 aliphatic carbocycles. The zero-order chi connectivity index (χ0) is 11.5. The smallest absolute Gasteiger partial charge is 0.256 e. The van der Waals surface area contributed by atoms with Crippen LogP contribution >= 0.6 is 15.9 Å². The highest BCUT2D eigenvalue weighted by molar-refractivity contribution is 9.10. The van der Waals surface area contributed by atoms with E-state index in [9.17, 15) is 4.79 Å². The molecule has 0 atom stereocenters. The maximum Gasteiger partial charge on any atom is 0.256 e. The van der Waals surface area contributed by atoms with Crippen molar-refractivity contribution in [1.29, 1.82) is 0 Å². The number of hydrogen-bond donors (Lipinski definition) is 1. The maximum absolute atomic E-state index is 11.8. The van der Waals surface area contributed by atoms with Crippen molar-refractivity contribution in [2.75, 3.05) is 5.32 Å². The normalized spacial score (nSPS) is 10.1. The summed E-state index contributed by atoms with van der Waals surface area (Å²) in [6.45, 7) is 1.93. The summed E-state index contributed by atoms with van der Waals surface area (Å²) in [7, 11) is 0. The fraction of sp³-hybridized carbons (Fsp3) is 0.0909. The summed E-state index contributed by atoms with van der Waals surface area (Å²) in [5, 5.41) is 6.23. The van der Waals surface area contributed by atoms with Crippen LogP contribution in [-0.4, -0.2) is 11.1 Å². The topological polar surface area (TPSA) is 55.1 Å². The number of nitrogens with zero attached hydrogens (tertiary/aromatic N) is 1. The molecule has 0 radical (unpaired) electrons. The van der Waals surface area contributed by atoms with Crippen LogP contribution in [0.4, 0.5) is 5.82 Å². The second-order valence-corrected chi connectivity index (χ2v) is 4.16. The first-order chi connectivity index (χ1) is 7.66. The van der Waals surface area contributed by atoms with Gasteiger partial charge in [-0.1, -0.05) is 21.1 Å². The number of amides is 1. The van der Waals surface area contributed by atoms with E-state index in [1.807, 2.05) is 13.0 Å². The van der Waals surface area contributed by atoms with Gasteiger partial charge in [-0.15, -0.1) is 0 Å². The molecule has 1 N–H and O–H groups in total. The number of benzene rings is 1. The van der Waals surface area contributed by atoms with Crippen molar-refractivity contribution < 1.29 is 9.32 Å². The van der Waals surface area contributed by atoms with Gasteiger partial charge in [0.1, 0.15) is 6.26 Å². The Morgan fingerprint density at radius 3 is 2.88 bits per heavy atom. The molecule has 5 heteroatoms. The van der Waals surface area contributed by atoms with Gasteiger partial charge < -0.3 is 9.84 Å². The highest BCUT2D eigenvalue weighted by Crippen LogP contribution is 2.17. The molecule has 4 nitrogen and oxygen atoms in total. The second kappa shape index (κ2) is 4.49. The molecule has 0 bridgehead atoms. The van der Waals surface area contributed by atoms with Gasteiger partial charge in [0.15, 0.2) is 5.82 Å². The lowest BCUT2D eigenvalue weighted by molar-refractivity contribution is 0.102. The van der Waals surface area contributed by atoms with E-state index in [0.717, 1.165) is 10.0 Å². The number of aryl methyl sites for hydroxylation is 1. The lowest BCUT2D eigenvalue weighted by Gasteiger charge is -2.03. The van der Waals surface area contributed by atoms with Crippen LogP contribution in [0.15, 0.2) is 39.5 Å². The van der Waals surface area contributed by atoms with E-state index in [0.29, 0.717) is 11.4 Å². The maximum atomic E-state index is 11.8. The fourth-order valence-electron chi connectivity index (χ4n) is 1.25. The standard InChI is InChI=1S/C11H9BrN2O2/c1-7-6-8(2-3-9(7)12)11(15)13-10-4-5-16-14-10/h2-6H,1H3,(H,13,14,15). The molecule has 2 rings (SSSR count). The molecule has 1 aromatic heterocycles.